The molecule has 3 rings (SSSR count). The maximum Gasteiger partial charge on any atom is 0.292 e. The van der Waals surface area contributed by atoms with Crippen LogP contribution in [0.2, 0.25) is 0 Å². The van der Waals surface area contributed by atoms with Gasteiger partial charge in [-0.15, -0.1) is 0 Å². The van der Waals surface area contributed by atoms with Crippen LogP contribution in [0.25, 0.3) is 0 Å². The van der Waals surface area contributed by atoms with Gasteiger partial charge in [0.15, 0.2) is 0 Å². The molecule has 1 saturated heterocycles. The molecular weight excluding hydrogens is 334 g/mol. The van der Waals surface area contributed by atoms with E-state index in [4.69, 9.17) is 0 Å². The van der Waals surface area contributed by atoms with Crippen molar-refractivity contribution >= 4 is 17.7 Å². The lowest BCUT2D eigenvalue weighted by molar-refractivity contribution is -0.384. The Labute approximate surface area is 151 Å². The van der Waals surface area contributed by atoms with Gasteiger partial charge in [-0.1, -0.05) is 42.0 Å². The third kappa shape index (κ3) is 3.74. The Hall–Kier alpha value is -2.77. The van der Waals surface area contributed by atoms with Gasteiger partial charge in [-0.2, -0.15) is 0 Å². The Kier molecular flexibility index (Phi) is 5.29. The fourth-order valence-corrected chi connectivity index (χ4v) is 3.25. The van der Waals surface area contributed by atoms with Crippen molar-refractivity contribution in [2.75, 3.05) is 18.4 Å². The summed E-state index contributed by atoms with van der Waals surface area (Å²) in [5, 5.41) is 23.9. The molecule has 0 radical (unpaired) electrons. The Balaban J connectivity index is 1.92. The van der Waals surface area contributed by atoms with Crippen LogP contribution in [-0.4, -0.2) is 46.5 Å². The van der Waals surface area contributed by atoms with Crippen LogP contribution in [0.15, 0.2) is 48.5 Å². The van der Waals surface area contributed by atoms with Gasteiger partial charge < -0.3 is 15.2 Å². The molecule has 2 N–H and O–H groups in total. The summed E-state index contributed by atoms with van der Waals surface area (Å²) < 4.78 is 0. The number of nitro benzene ring substituents is 1. The molecule has 2 atom stereocenters. The minimum absolute atomic E-state index is 0.0781. The van der Waals surface area contributed by atoms with Crippen molar-refractivity contribution < 1.29 is 14.8 Å². The number of carbonyl (C=O) groups excluding carboxylic acids is 1. The van der Waals surface area contributed by atoms with Crippen LogP contribution in [0.5, 0.6) is 0 Å². The van der Waals surface area contributed by atoms with Crippen molar-refractivity contribution in [3.8, 4) is 0 Å². The van der Waals surface area contributed by atoms with E-state index in [9.17, 15) is 20.0 Å². The summed E-state index contributed by atoms with van der Waals surface area (Å²) in [4.78, 5) is 24.6. The molecule has 0 bridgehead atoms. The zero-order valence-corrected chi connectivity index (χ0v) is 14.4. The van der Waals surface area contributed by atoms with Gasteiger partial charge in [-0.3, -0.25) is 15.0 Å². The van der Waals surface area contributed by atoms with Crippen molar-refractivity contribution in [1.29, 1.82) is 0 Å². The molecule has 2 aromatic rings. The third-order valence-electron chi connectivity index (χ3n) is 4.61. The first kappa shape index (κ1) is 18.0. The van der Waals surface area contributed by atoms with Gasteiger partial charge in [0, 0.05) is 19.2 Å². The predicted octanol–water partition coefficient (Wildman–Crippen LogP) is 2.30. The van der Waals surface area contributed by atoms with E-state index >= 15 is 0 Å². The van der Waals surface area contributed by atoms with E-state index in [1.165, 1.54) is 6.07 Å². The van der Waals surface area contributed by atoms with Crippen molar-refractivity contribution in [2.24, 2.45) is 0 Å². The van der Waals surface area contributed by atoms with Crippen molar-refractivity contribution in [1.82, 2.24) is 4.90 Å². The highest BCUT2D eigenvalue weighted by molar-refractivity contribution is 5.71. The number of aliphatic hydroxyl groups is 1. The smallest absolute Gasteiger partial charge is 0.292 e. The van der Waals surface area contributed by atoms with E-state index in [1.54, 1.807) is 18.2 Å². The second-order valence-corrected chi connectivity index (χ2v) is 6.54. The number of β-amino-alcohol motifs (C(OH)–C–C–N with tert-alkyl or cyclic N) is 1. The molecule has 1 aliphatic heterocycles. The van der Waals surface area contributed by atoms with Crippen molar-refractivity contribution in [3.05, 3.63) is 69.8 Å². The molecule has 7 heteroatoms. The summed E-state index contributed by atoms with van der Waals surface area (Å²) in [6.07, 6.45) is 0.354. The summed E-state index contributed by atoms with van der Waals surface area (Å²) in [6.45, 7) is 2.90. The second-order valence-electron chi connectivity index (χ2n) is 6.54. The second kappa shape index (κ2) is 7.63. The van der Waals surface area contributed by atoms with Gasteiger partial charge in [-0.05, 0) is 18.6 Å². The largest absolute Gasteiger partial charge is 0.390 e. The Morgan fingerprint density at radius 1 is 1.23 bits per heavy atom. The molecule has 1 heterocycles. The van der Waals surface area contributed by atoms with Crippen LogP contribution in [0, 0.1) is 17.0 Å². The number of aldehydes is 1. The van der Waals surface area contributed by atoms with E-state index in [-0.39, 0.29) is 11.7 Å². The van der Waals surface area contributed by atoms with E-state index < -0.39 is 17.1 Å². The van der Waals surface area contributed by atoms with Gasteiger partial charge in [0.25, 0.3) is 5.69 Å². The standard InChI is InChI=1S/C19H21N3O4/c1-13-6-8-14(9-7-13)19(21-10-15(24)11-21)17(12-23)20-16-4-2-3-5-18(16)22(25)26/h2-9,12,15,17,19-20,24H,10-11H2,1H3. The van der Waals surface area contributed by atoms with E-state index in [0.29, 0.717) is 18.8 Å². The van der Waals surface area contributed by atoms with E-state index in [1.807, 2.05) is 36.1 Å². The lowest BCUT2D eigenvalue weighted by Crippen LogP contribution is -2.56. The zero-order chi connectivity index (χ0) is 18.7. The molecule has 0 spiro atoms. The van der Waals surface area contributed by atoms with E-state index in [0.717, 1.165) is 17.4 Å². The molecule has 2 unspecified atom stereocenters. The summed E-state index contributed by atoms with van der Waals surface area (Å²) in [5.74, 6) is 0. The number of aliphatic hydroxyl groups excluding tert-OH is 1. The monoisotopic (exact) mass is 355 g/mol. The molecule has 1 aliphatic rings. The minimum Gasteiger partial charge on any atom is -0.390 e. The molecule has 2 aromatic carbocycles. The molecule has 136 valence electrons. The van der Waals surface area contributed by atoms with Gasteiger partial charge >= 0.3 is 0 Å². The van der Waals surface area contributed by atoms with Gasteiger partial charge in [0.2, 0.25) is 0 Å². The van der Waals surface area contributed by atoms with Gasteiger partial charge in [-0.25, -0.2) is 0 Å². The van der Waals surface area contributed by atoms with Crippen molar-refractivity contribution in [3.63, 3.8) is 0 Å². The summed E-state index contributed by atoms with van der Waals surface area (Å²) in [6, 6.07) is 13.1. The number of nitro groups is 1. The Bertz CT molecular complexity index is 788. The first-order chi connectivity index (χ1) is 12.5. The summed E-state index contributed by atoms with van der Waals surface area (Å²) >= 11 is 0. The number of anilines is 1. The Morgan fingerprint density at radius 3 is 2.46 bits per heavy atom. The van der Waals surface area contributed by atoms with Crippen molar-refractivity contribution in [2.45, 2.75) is 25.1 Å². The number of aryl methyl sites for hydroxylation is 1. The average Bonchev–Trinajstić information content (AvgIpc) is 2.61. The molecule has 7 nitrogen and oxygen atoms in total. The fraction of sp³-hybridized carbons (Fsp3) is 0.316. The number of rotatable bonds is 7. The zero-order valence-electron chi connectivity index (χ0n) is 14.4. The quantitative estimate of drug-likeness (QED) is 0.449. The number of likely N-dealkylation sites (tertiary alicyclic amines) is 1. The third-order valence-corrected chi connectivity index (χ3v) is 4.61. The fourth-order valence-electron chi connectivity index (χ4n) is 3.25. The number of benzene rings is 2. The number of nitrogens with one attached hydrogen (secondary N) is 1. The first-order valence-electron chi connectivity index (χ1n) is 8.43. The maximum atomic E-state index is 11.9. The lowest BCUT2D eigenvalue weighted by Gasteiger charge is -2.44. The summed E-state index contributed by atoms with van der Waals surface area (Å²) in [7, 11) is 0. The highest BCUT2D eigenvalue weighted by Crippen LogP contribution is 2.32. The molecule has 0 aliphatic carbocycles. The van der Waals surface area contributed by atoms with E-state index in [2.05, 4.69) is 5.32 Å². The number of hydrogen-bond acceptors (Lipinski definition) is 6. The van der Waals surface area contributed by atoms with Crippen LogP contribution < -0.4 is 5.32 Å². The number of para-hydroxylation sites is 2. The predicted molar refractivity (Wildman–Crippen MR) is 98.1 cm³/mol. The van der Waals surface area contributed by atoms with Crippen LogP contribution in [0.1, 0.15) is 17.2 Å². The number of hydrogen-bond donors (Lipinski definition) is 2. The SMILES string of the molecule is Cc1ccc(C(C(C=O)Nc2ccccc2[N+](=O)[O-])N2CC(O)C2)cc1. The molecule has 26 heavy (non-hydrogen) atoms. The lowest BCUT2D eigenvalue weighted by atomic mass is 9.93. The topological polar surface area (TPSA) is 95.7 Å². The first-order valence-corrected chi connectivity index (χ1v) is 8.43. The van der Waals surface area contributed by atoms with Crippen LogP contribution >= 0.6 is 0 Å². The van der Waals surface area contributed by atoms with Crippen LogP contribution in [-0.2, 0) is 4.79 Å². The molecule has 0 amide bonds. The highest BCUT2D eigenvalue weighted by Gasteiger charge is 2.37. The number of carbonyl (C=O) groups is 1. The maximum absolute atomic E-state index is 11.9. The van der Waals surface area contributed by atoms with Gasteiger partial charge in [0.1, 0.15) is 18.0 Å². The highest BCUT2D eigenvalue weighted by atomic mass is 16.6. The summed E-state index contributed by atoms with van der Waals surface area (Å²) in [5.41, 5.74) is 2.24. The van der Waals surface area contributed by atoms with Gasteiger partial charge in [0.05, 0.1) is 17.1 Å². The van der Waals surface area contributed by atoms with Crippen LogP contribution in [0.3, 0.4) is 0 Å². The Morgan fingerprint density at radius 2 is 1.88 bits per heavy atom. The molecule has 0 aromatic heterocycles. The number of nitrogens with zero attached hydrogens (tertiary/aromatic N) is 2. The molecular formula is C19H21N3O4. The molecule has 0 saturated carbocycles. The average molecular weight is 355 g/mol. The molecule has 1 fully saturated rings. The minimum atomic E-state index is -0.689. The normalized spacial score (nSPS) is 17.2. The van der Waals surface area contributed by atoms with Crippen LogP contribution in [0.4, 0.5) is 11.4 Å².